The summed E-state index contributed by atoms with van der Waals surface area (Å²) >= 11 is 0. The molecule has 1 saturated heterocycles. The van der Waals surface area contributed by atoms with Gasteiger partial charge >= 0.3 is 0 Å². The Morgan fingerprint density at radius 3 is 2.88 bits per heavy atom. The first kappa shape index (κ1) is 14.4. The highest BCUT2D eigenvalue weighted by molar-refractivity contribution is 5.81. The molecule has 0 aliphatic carbocycles. The molecule has 100 valence electrons. The first-order valence-electron chi connectivity index (χ1n) is 6.23. The number of amides is 1. The van der Waals surface area contributed by atoms with Crippen LogP contribution < -0.4 is 10.6 Å². The number of carbonyl (C=O) groups excluding carboxylic acids is 1. The zero-order valence-electron chi connectivity index (χ0n) is 11.0. The van der Waals surface area contributed by atoms with Crippen molar-refractivity contribution in [2.75, 3.05) is 26.2 Å². The number of nitrogens with one attached hydrogen (secondary N) is 2. The standard InChI is InChI=1S/C12H24N2O3/c1-9(2)6-12(3,16)8-14-11(15)10-7-13-4-5-17-10/h9-10,13,16H,4-8H2,1-3H3,(H,14,15). The van der Waals surface area contributed by atoms with E-state index in [1.165, 1.54) is 0 Å². The Bertz CT molecular complexity index is 248. The third kappa shape index (κ3) is 5.48. The summed E-state index contributed by atoms with van der Waals surface area (Å²) < 4.78 is 5.33. The van der Waals surface area contributed by atoms with E-state index in [2.05, 4.69) is 10.6 Å². The summed E-state index contributed by atoms with van der Waals surface area (Å²) in [6, 6.07) is 0. The molecule has 0 radical (unpaired) electrons. The summed E-state index contributed by atoms with van der Waals surface area (Å²) in [5.74, 6) is 0.246. The molecule has 1 heterocycles. The predicted molar refractivity (Wildman–Crippen MR) is 65.7 cm³/mol. The van der Waals surface area contributed by atoms with Gasteiger partial charge in [0.25, 0.3) is 5.91 Å². The second-order valence-corrected chi connectivity index (χ2v) is 5.38. The van der Waals surface area contributed by atoms with Crippen molar-refractivity contribution in [3.8, 4) is 0 Å². The maximum absolute atomic E-state index is 11.7. The molecule has 1 rings (SSSR count). The third-order valence-corrected chi connectivity index (χ3v) is 2.71. The number of carbonyl (C=O) groups is 1. The van der Waals surface area contributed by atoms with Crippen LogP contribution in [0.15, 0.2) is 0 Å². The first-order valence-corrected chi connectivity index (χ1v) is 6.23. The van der Waals surface area contributed by atoms with Crippen molar-refractivity contribution in [1.29, 1.82) is 0 Å². The molecule has 0 aromatic rings. The smallest absolute Gasteiger partial charge is 0.250 e. The lowest BCUT2D eigenvalue weighted by Gasteiger charge is -2.28. The van der Waals surface area contributed by atoms with E-state index in [1.807, 2.05) is 13.8 Å². The second kappa shape index (κ2) is 6.33. The summed E-state index contributed by atoms with van der Waals surface area (Å²) in [5.41, 5.74) is -0.855. The zero-order chi connectivity index (χ0) is 12.9. The molecule has 5 nitrogen and oxygen atoms in total. The van der Waals surface area contributed by atoms with E-state index in [0.29, 0.717) is 25.5 Å². The Hall–Kier alpha value is -0.650. The molecule has 3 N–H and O–H groups in total. The molecule has 1 aliphatic rings. The van der Waals surface area contributed by atoms with Crippen LogP contribution >= 0.6 is 0 Å². The third-order valence-electron chi connectivity index (χ3n) is 2.71. The van der Waals surface area contributed by atoms with Gasteiger partial charge in [-0.25, -0.2) is 0 Å². The fourth-order valence-corrected chi connectivity index (χ4v) is 2.08. The van der Waals surface area contributed by atoms with Crippen LogP contribution in [0.4, 0.5) is 0 Å². The van der Waals surface area contributed by atoms with Crippen LogP contribution in [0.3, 0.4) is 0 Å². The lowest BCUT2D eigenvalue weighted by atomic mass is 9.94. The van der Waals surface area contributed by atoms with Crippen LogP contribution in [-0.2, 0) is 9.53 Å². The highest BCUT2D eigenvalue weighted by Crippen LogP contribution is 2.15. The van der Waals surface area contributed by atoms with Crippen molar-refractivity contribution in [2.24, 2.45) is 5.92 Å². The predicted octanol–water partition coefficient (Wildman–Crippen LogP) is -0.112. The highest BCUT2D eigenvalue weighted by atomic mass is 16.5. The van der Waals surface area contributed by atoms with Crippen molar-refractivity contribution >= 4 is 5.91 Å². The molecule has 0 bridgehead atoms. The lowest BCUT2D eigenvalue weighted by Crippen LogP contribution is -2.51. The first-order chi connectivity index (χ1) is 7.91. The SMILES string of the molecule is CC(C)CC(C)(O)CNC(=O)C1CNCCO1. The van der Waals surface area contributed by atoms with Crippen LogP contribution in [0, 0.1) is 5.92 Å². The van der Waals surface area contributed by atoms with Gasteiger partial charge in [-0.2, -0.15) is 0 Å². The van der Waals surface area contributed by atoms with Crippen molar-refractivity contribution in [3.05, 3.63) is 0 Å². The summed E-state index contributed by atoms with van der Waals surface area (Å²) in [4.78, 5) is 11.7. The Kier molecular flexibility index (Phi) is 5.36. The molecule has 0 spiro atoms. The van der Waals surface area contributed by atoms with E-state index in [1.54, 1.807) is 6.92 Å². The van der Waals surface area contributed by atoms with Gasteiger partial charge in [-0.05, 0) is 19.3 Å². The van der Waals surface area contributed by atoms with Crippen LogP contribution in [0.2, 0.25) is 0 Å². The molecule has 0 aromatic carbocycles. The van der Waals surface area contributed by atoms with E-state index < -0.39 is 11.7 Å². The molecular weight excluding hydrogens is 220 g/mol. The molecule has 0 saturated carbocycles. The molecule has 1 aliphatic heterocycles. The van der Waals surface area contributed by atoms with Crippen molar-refractivity contribution in [2.45, 2.75) is 38.9 Å². The van der Waals surface area contributed by atoms with E-state index in [-0.39, 0.29) is 12.5 Å². The summed E-state index contributed by atoms with van der Waals surface area (Å²) in [6.45, 7) is 7.99. The van der Waals surface area contributed by atoms with E-state index in [4.69, 9.17) is 4.74 Å². The lowest BCUT2D eigenvalue weighted by molar-refractivity contribution is -0.135. The summed E-state index contributed by atoms with van der Waals surface area (Å²) in [7, 11) is 0. The van der Waals surface area contributed by atoms with Gasteiger partial charge in [0.15, 0.2) is 0 Å². The maximum Gasteiger partial charge on any atom is 0.250 e. The Labute approximate surface area is 103 Å². The number of hydrogen-bond donors (Lipinski definition) is 3. The van der Waals surface area contributed by atoms with E-state index in [0.717, 1.165) is 6.54 Å². The number of morpholine rings is 1. The van der Waals surface area contributed by atoms with Crippen molar-refractivity contribution in [3.63, 3.8) is 0 Å². The summed E-state index contributed by atoms with van der Waals surface area (Å²) in [6.07, 6.45) is 0.232. The fraction of sp³-hybridized carbons (Fsp3) is 0.917. The number of rotatable bonds is 5. The molecule has 0 aromatic heterocycles. The van der Waals surface area contributed by atoms with Gasteiger partial charge in [-0.15, -0.1) is 0 Å². The normalized spacial score (nSPS) is 24.4. The maximum atomic E-state index is 11.7. The topological polar surface area (TPSA) is 70.6 Å². The van der Waals surface area contributed by atoms with Gasteiger partial charge in [-0.1, -0.05) is 13.8 Å². The Morgan fingerprint density at radius 1 is 1.65 bits per heavy atom. The largest absolute Gasteiger partial charge is 0.388 e. The number of aliphatic hydroxyl groups is 1. The number of hydrogen-bond acceptors (Lipinski definition) is 4. The molecule has 2 atom stereocenters. The van der Waals surface area contributed by atoms with Crippen LogP contribution in [0.5, 0.6) is 0 Å². The summed E-state index contributed by atoms with van der Waals surface area (Å²) in [5, 5.41) is 15.9. The highest BCUT2D eigenvalue weighted by Gasteiger charge is 2.26. The average Bonchev–Trinajstić information content (AvgIpc) is 2.25. The van der Waals surface area contributed by atoms with Crippen molar-refractivity contribution in [1.82, 2.24) is 10.6 Å². The molecule has 17 heavy (non-hydrogen) atoms. The van der Waals surface area contributed by atoms with Crippen molar-refractivity contribution < 1.29 is 14.6 Å². The van der Waals surface area contributed by atoms with Gasteiger partial charge in [-0.3, -0.25) is 4.79 Å². The minimum atomic E-state index is -0.855. The average molecular weight is 244 g/mol. The van der Waals surface area contributed by atoms with E-state index in [9.17, 15) is 9.90 Å². The van der Waals surface area contributed by atoms with Gasteiger partial charge in [0.2, 0.25) is 0 Å². The molecule has 2 unspecified atom stereocenters. The molecular formula is C12H24N2O3. The van der Waals surface area contributed by atoms with E-state index >= 15 is 0 Å². The second-order valence-electron chi connectivity index (χ2n) is 5.38. The van der Waals surface area contributed by atoms with Gasteiger partial charge in [0.1, 0.15) is 6.10 Å². The fourth-order valence-electron chi connectivity index (χ4n) is 2.08. The molecule has 5 heteroatoms. The quantitative estimate of drug-likeness (QED) is 0.631. The molecule has 1 fully saturated rings. The Morgan fingerprint density at radius 2 is 2.35 bits per heavy atom. The minimum Gasteiger partial charge on any atom is -0.388 e. The van der Waals surface area contributed by atoms with Gasteiger partial charge in [0.05, 0.1) is 12.2 Å². The van der Waals surface area contributed by atoms with Gasteiger partial charge in [0, 0.05) is 19.6 Å². The van der Waals surface area contributed by atoms with Crippen LogP contribution in [-0.4, -0.2) is 49.0 Å². The molecule has 1 amide bonds. The number of ether oxygens (including phenoxy) is 1. The van der Waals surface area contributed by atoms with Gasteiger partial charge < -0.3 is 20.5 Å². The van der Waals surface area contributed by atoms with Crippen LogP contribution in [0.25, 0.3) is 0 Å². The minimum absolute atomic E-state index is 0.152. The van der Waals surface area contributed by atoms with Crippen LogP contribution in [0.1, 0.15) is 27.2 Å². The Balaban J connectivity index is 2.31. The monoisotopic (exact) mass is 244 g/mol. The zero-order valence-corrected chi connectivity index (χ0v) is 11.0.